The maximum atomic E-state index is 5.77. The van der Waals surface area contributed by atoms with E-state index in [4.69, 9.17) is 9.47 Å². The highest BCUT2D eigenvalue weighted by atomic mass is 16.5. The van der Waals surface area contributed by atoms with Gasteiger partial charge in [-0.15, -0.1) is 0 Å². The average Bonchev–Trinajstić information content (AvgIpc) is 2.69. The predicted octanol–water partition coefficient (Wildman–Crippen LogP) is 2.99. The van der Waals surface area contributed by atoms with Crippen LogP contribution in [-0.4, -0.2) is 43.8 Å². The van der Waals surface area contributed by atoms with E-state index in [1.54, 1.807) is 0 Å². The molecule has 1 aromatic carbocycles. The van der Waals surface area contributed by atoms with Gasteiger partial charge in [-0.25, -0.2) is 0 Å². The highest BCUT2D eigenvalue weighted by Crippen LogP contribution is 2.33. The molecule has 0 bridgehead atoms. The second-order valence-corrected chi connectivity index (χ2v) is 6.46. The van der Waals surface area contributed by atoms with E-state index < -0.39 is 0 Å². The van der Waals surface area contributed by atoms with Gasteiger partial charge in [-0.2, -0.15) is 0 Å². The number of piperidine rings is 1. The first-order chi connectivity index (χ1) is 10.1. The Morgan fingerprint density at radius 3 is 2.71 bits per heavy atom. The topological polar surface area (TPSA) is 33.7 Å². The lowest BCUT2D eigenvalue weighted by molar-refractivity contribution is 0.145. The molecule has 0 aromatic heterocycles. The molecule has 2 heterocycles. The number of fused-ring (bicyclic) bond motifs is 1. The molecule has 1 saturated heterocycles. The highest BCUT2D eigenvalue weighted by Gasteiger charge is 2.28. The van der Waals surface area contributed by atoms with Crippen LogP contribution in [0.15, 0.2) is 18.2 Å². The smallest absolute Gasteiger partial charge is 0.163 e. The van der Waals surface area contributed by atoms with E-state index in [9.17, 15) is 0 Å². The fourth-order valence-corrected chi connectivity index (χ4v) is 3.21. The summed E-state index contributed by atoms with van der Waals surface area (Å²) in [7, 11) is 2.21. The van der Waals surface area contributed by atoms with Crippen LogP contribution in [-0.2, 0) is 0 Å². The molecule has 3 unspecified atom stereocenters. The zero-order valence-electron chi connectivity index (χ0n) is 13.3. The van der Waals surface area contributed by atoms with Gasteiger partial charge in [0.2, 0.25) is 0 Å². The Kier molecular flexibility index (Phi) is 4.24. The van der Waals surface area contributed by atoms with Crippen LogP contribution in [0, 0.1) is 5.92 Å². The number of benzene rings is 1. The van der Waals surface area contributed by atoms with Crippen molar-refractivity contribution < 1.29 is 9.47 Å². The van der Waals surface area contributed by atoms with Gasteiger partial charge in [0, 0.05) is 36.8 Å². The van der Waals surface area contributed by atoms with Gasteiger partial charge < -0.3 is 19.7 Å². The Labute approximate surface area is 127 Å². The molecule has 1 N–H and O–H groups in total. The number of anilines is 1. The Morgan fingerprint density at radius 2 is 1.90 bits per heavy atom. The molecule has 116 valence electrons. The largest absolute Gasteiger partial charge is 0.490 e. The number of ether oxygens (including phenoxy) is 2. The normalized spacial score (nSPS) is 29.8. The lowest BCUT2D eigenvalue weighted by Crippen LogP contribution is -2.48. The summed E-state index contributed by atoms with van der Waals surface area (Å²) < 4.78 is 11.5. The van der Waals surface area contributed by atoms with Gasteiger partial charge in [-0.3, -0.25) is 0 Å². The molecule has 2 aliphatic heterocycles. The molecule has 0 amide bonds. The van der Waals surface area contributed by atoms with Gasteiger partial charge in [0.25, 0.3) is 0 Å². The van der Waals surface area contributed by atoms with Crippen molar-refractivity contribution in [2.45, 2.75) is 38.8 Å². The first-order valence-electron chi connectivity index (χ1n) is 8.00. The van der Waals surface area contributed by atoms with Gasteiger partial charge in [0.05, 0.1) is 13.2 Å². The summed E-state index contributed by atoms with van der Waals surface area (Å²) in [5.74, 6) is 2.37. The van der Waals surface area contributed by atoms with Crippen LogP contribution in [0.5, 0.6) is 11.5 Å². The first-order valence-corrected chi connectivity index (χ1v) is 8.00. The van der Waals surface area contributed by atoms with Gasteiger partial charge >= 0.3 is 0 Å². The fraction of sp³-hybridized carbons (Fsp3) is 0.647. The molecule has 0 aliphatic carbocycles. The van der Waals surface area contributed by atoms with Crippen LogP contribution in [0.2, 0.25) is 0 Å². The Balaban J connectivity index is 1.71. The van der Waals surface area contributed by atoms with E-state index in [2.05, 4.69) is 43.2 Å². The van der Waals surface area contributed by atoms with Crippen LogP contribution < -0.4 is 14.8 Å². The second kappa shape index (κ2) is 6.14. The van der Waals surface area contributed by atoms with E-state index in [0.717, 1.165) is 43.4 Å². The van der Waals surface area contributed by atoms with E-state index >= 15 is 0 Å². The molecule has 0 spiro atoms. The molecule has 0 radical (unpaired) electrons. The monoisotopic (exact) mass is 290 g/mol. The third kappa shape index (κ3) is 3.26. The van der Waals surface area contributed by atoms with Crippen molar-refractivity contribution in [3.8, 4) is 11.5 Å². The molecule has 1 fully saturated rings. The number of likely N-dealkylation sites (tertiary alicyclic amines) is 1. The third-order valence-corrected chi connectivity index (χ3v) is 4.71. The maximum absolute atomic E-state index is 5.77. The molecule has 21 heavy (non-hydrogen) atoms. The lowest BCUT2D eigenvalue weighted by Gasteiger charge is -2.40. The number of hydrogen-bond donors (Lipinski definition) is 1. The van der Waals surface area contributed by atoms with Crippen LogP contribution in [0.1, 0.15) is 26.7 Å². The zero-order chi connectivity index (χ0) is 14.8. The summed E-state index contributed by atoms with van der Waals surface area (Å²) in [6.45, 7) is 7.24. The predicted molar refractivity (Wildman–Crippen MR) is 85.3 cm³/mol. The minimum atomic E-state index is 0.515. The van der Waals surface area contributed by atoms with Crippen LogP contribution in [0.25, 0.3) is 0 Å². The summed E-state index contributed by atoms with van der Waals surface area (Å²) in [6.07, 6.45) is 2.12. The van der Waals surface area contributed by atoms with Crippen molar-refractivity contribution in [3.63, 3.8) is 0 Å². The quantitative estimate of drug-likeness (QED) is 0.908. The van der Waals surface area contributed by atoms with E-state index in [1.807, 2.05) is 6.07 Å². The Bertz CT molecular complexity index is 492. The summed E-state index contributed by atoms with van der Waals surface area (Å²) >= 11 is 0. The van der Waals surface area contributed by atoms with Crippen LogP contribution in [0.3, 0.4) is 0 Å². The van der Waals surface area contributed by atoms with Gasteiger partial charge in [0.15, 0.2) is 11.5 Å². The molecule has 2 aliphatic rings. The van der Waals surface area contributed by atoms with Crippen molar-refractivity contribution in [2.24, 2.45) is 5.92 Å². The number of nitrogens with zero attached hydrogens (tertiary/aromatic N) is 1. The van der Waals surface area contributed by atoms with Crippen molar-refractivity contribution >= 4 is 5.69 Å². The van der Waals surface area contributed by atoms with E-state index in [-0.39, 0.29) is 0 Å². The summed E-state index contributed by atoms with van der Waals surface area (Å²) in [6, 6.07) is 7.34. The molecule has 3 rings (SSSR count). The summed E-state index contributed by atoms with van der Waals surface area (Å²) in [4.78, 5) is 2.44. The molecule has 4 heteroatoms. The molecule has 4 nitrogen and oxygen atoms in total. The number of nitrogens with one attached hydrogen (secondary N) is 1. The van der Waals surface area contributed by atoms with Gasteiger partial charge in [-0.1, -0.05) is 6.92 Å². The van der Waals surface area contributed by atoms with Crippen molar-refractivity contribution in [2.75, 3.05) is 32.1 Å². The SMILES string of the molecule is CC1CN(C)C(C)CC1Nc1ccc2c(c1)OCCCO2. The zero-order valence-corrected chi connectivity index (χ0v) is 13.3. The van der Waals surface area contributed by atoms with Crippen molar-refractivity contribution in [3.05, 3.63) is 18.2 Å². The van der Waals surface area contributed by atoms with E-state index in [1.165, 1.54) is 6.42 Å². The average molecular weight is 290 g/mol. The molecule has 1 aromatic rings. The lowest BCUT2D eigenvalue weighted by atomic mass is 9.89. The standard InChI is InChI=1S/C17H26N2O2/c1-12-11-19(3)13(2)9-15(12)18-14-5-6-16-17(10-14)21-8-4-7-20-16/h5-6,10,12-13,15,18H,4,7-9,11H2,1-3H3. The van der Waals surface area contributed by atoms with E-state index in [0.29, 0.717) is 18.0 Å². The number of rotatable bonds is 2. The van der Waals surface area contributed by atoms with Crippen molar-refractivity contribution in [1.82, 2.24) is 4.90 Å². The first kappa shape index (κ1) is 14.5. The van der Waals surface area contributed by atoms with Crippen molar-refractivity contribution in [1.29, 1.82) is 0 Å². The Hall–Kier alpha value is -1.42. The van der Waals surface area contributed by atoms with Gasteiger partial charge in [-0.05, 0) is 38.4 Å². The molecular formula is C17H26N2O2. The number of hydrogen-bond acceptors (Lipinski definition) is 4. The highest BCUT2D eigenvalue weighted by molar-refractivity contribution is 5.55. The minimum absolute atomic E-state index is 0.515. The third-order valence-electron chi connectivity index (χ3n) is 4.71. The summed E-state index contributed by atoms with van der Waals surface area (Å²) in [5, 5.41) is 3.69. The van der Waals surface area contributed by atoms with Gasteiger partial charge in [0.1, 0.15) is 0 Å². The summed E-state index contributed by atoms with van der Waals surface area (Å²) in [5.41, 5.74) is 1.13. The molecule has 0 saturated carbocycles. The molecule has 3 atom stereocenters. The molecular weight excluding hydrogens is 264 g/mol. The fourth-order valence-electron chi connectivity index (χ4n) is 3.21. The van der Waals surface area contributed by atoms with Crippen LogP contribution in [0.4, 0.5) is 5.69 Å². The Morgan fingerprint density at radius 1 is 1.14 bits per heavy atom. The minimum Gasteiger partial charge on any atom is -0.490 e. The van der Waals surface area contributed by atoms with Crippen LogP contribution >= 0.6 is 0 Å². The second-order valence-electron chi connectivity index (χ2n) is 6.46. The maximum Gasteiger partial charge on any atom is 0.163 e.